The molecule has 1 atom stereocenters. The predicted octanol–water partition coefficient (Wildman–Crippen LogP) is 2.04. The van der Waals surface area contributed by atoms with Crippen molar-refractivity contribution in [2.75, 3.05) is 11.1 Å². The Labute approximate surface area is 111 Å². The molecule has 5 nitrogen and oxygen atoms in total. The van der Waals surface area contributed by atoms with Gasteiger partial charge in [0.1, 0.15) is 9.90 Å². The van der Waals surface area contributed by atoms with Crippen LogP contribution in [-0.4, -0.2) is 24.1 Å². The highest BCUT2D eigenvalue weighted by Crippen LogP contribution is 2.41. The fourth-order valence-corrected chi connectivity index (χ4v) is 4.72. The number of nitrogens with zero attached hydrogens (tertiary/aromatic N) is 1. The molecule has 1 fully saturated rings. The van der Waals surface area contributed by atoms with E-state index in [2.05, 4.69) is 16.3 Å². The summed E-state index contributed by atoms with van der Waals surface area (Å²) in [4.78, 5) is 0.186. The van der Waals surface area contributed by atoms with Crippen LogP contribution in [0.15, 0.2) is 17.6 Å². The molecule has 0 radical (unpaired) electrons. The van der Waals surface area contributed by atoms with E-state index in [0.29, 0.717) is 5.00 Å². The number of nitrogen functional groups attached to an aromatic ring is 1. The van der Waals surface area contributed by atoms with Crippen LogP contribution in [0.2, 0.25) is 0 Å². The maximum absolute atomic E-state index is 12.3. The molecule has 1 aromatic heterocycles. The van der Waals surface area contributed by atoms with Crippen LogP contribution >= 0.6 is 11.5 Å². The lowest BCUT2D eigenvalue weighted by Gasteiger charge is -2.12. The average Bonchev–Trinajstić information content (AvgIpc) is 3.05. The molecule has 0 amide bonds. The standard InChI is InChI=1S/C11H17N3O2S2/c1-3-4-7(2)13-11-9(10(12)14-17-11)18(15,16)8-5-6-8/h3,7-8,13H,1,4-6H2,2H3,(H2,12,14). The summed E-state index contributed by atoms with van der Waals surface area (Å²) >= 11 is 1.10. The first-order chi connectivity index (χ1) is 8.46. The summed E-state index contributed by atoms with van der Waals surface area (Å²) in [5, 5.41) is 3.42. The van der Waals surface area contributed by atoms with Crippen LogP contribution in [0.5, 0.6) is 0 Å². The second-order valence-corrected chi connectivity index (χ2v) is 7.48. The highest BCUT2D eigenvalue weighted by atomic mass is 32.2. The summed E-state index contributed by atoms with van der Waals surface area (Å²) in [5.74, 6) is 0.111. The number of anilines is 2. The third kappa shape index (κ3) is 2.51. The first-order valence-corrected chi connectivity index (χ1v) is 8.15. The fourth-order valence-electron chi connectivity index (χ4n) is 1.74. The van der Waals surface area contributed by atoms with E-state index < -0.39 is 9.84 Å². The molecule has 0 aliphatic heterocycles. The zero-order chi connectivity index (χ0) is 13.3. The van der Waals surface area contributed by atoms with Gasteiger partial charge in [-0.1, -0.05) is 6.08 Å². The van der Waals surface area contributed by atoms with E-state index in [-0.39, 0.29) is 22.0 Å². The van der Waals surface area contributed by atoms with Crippen molar-refractivity contribution in [1.29, 1.82) is 0 Å². The van der Waals surface area contributed by atoms with E-state index in [9.17, 15) is 8.42 Å². The predicted molar refractivity (Wildman–Crippen MR) is 74.6 cm³/mol. The van der Waals surface area contributed by atoms with Gasteiger partial charge in [0.15, 0.2) is 15.7 Å². The lowest BCUT2D eigenvalue weighted by Crippen LogP contribution is -2.17. The highest BCUT2D eigenvalue weighted by molar-refractivity contribution is 7.92. The molecule has 1 unspecified atom stereocenters. The van der Waals surface area contributed by atoms with Gasteiger partial charge in [0.25, 0.3) is 0 Å². The van der Waals surface area contributed by atoms with Gasteiger partial charge in [-0.05, 0) is 37.7 Å². The number of hydrogen-bond donors (Lipinski definition) is 2. The summed E-state index contributed by atoms with van der Waals surface area (Å²) in [6.45, 7) is 5.63. The highest BCUT2D eigenvalue weighted by Gasteiger charge is 2.40. The monoisotopic (exact) mass is 287 g/mol. The molecule has 0 spiro atoms. The van der Waals surface area contributed by atoms with Gasteiger partial charge in [-0.2, -0.15) is 4.37 Å². The molecule has 1 saturated carbocycles. The van der Waals surface area contributed by atoms with Gasteiger partial charge in [-0.3, -0.25) is 0 Å². The Morgan fingerprint density at radius 2 is 2.33 bits per heavy atom. The Morgan fingerprint density at radius 1 is 1.67 bits per heavy atom. The van der Waals surface area contributed by atoms with Crippen molar-refractivity contribution in [3.05, 3.63) is 12.7 Å². The molecule has 2 rings (SSSR count). The van der Waals surface area contributed by atoms with E-state index in [1.165, 1.54) is 0 Å². The minimum Gasteiger partial charge on any atom is -0.382 e. The molecule has 18 heavy (non-hydrogen) atoms. The summed E-state index contributed by atoms with van der Waals surface area (Å²) in [6, 6.07) is 0.107. The molecule has 0 bridgehead atoms. The maximum atomic E-state index is 12.3. The number of nitrogens with one attached hydrogen (secondary N) is 1. The first kappa shape index (κ1) is 13.4. The largest absolute Gasteiger partial charge is 0.382 e. The van der Waals surface area contributed by atoms with Crippen LogP contribution in [0.3, 0.4) is 0 Å². The van der Waals surface area contributed by atoms with Crippen LogP contribution in [0.25, 0.3) is 0 Å². The molecule has 1 aliphatic rings. The number of rotatable bonds is 6. The molecule has 100 valence electrons. The minimum absolute atomic E-state index is 0.107. The lowest BCUT2D eigenvalue weighted by atomic mass is 10.2. The summed E-state index contributed by atoms with van der Waals surface area (Å²) in [5.41, 5.74) is 5.70. The van der Waals surface area contributed by atoms with Gasteiger partial charge in [-0.15, -0.1) is 6.58 Å². The van der Waals surface area contributed by atoms with Crippen LogP contribution < -0.4 is 11.1 Å². The van der Waals surface area contributed by atoms with Gasteiger partial charge in [0.2, 0.25) is 0 Å². The molecular weight excluding hydrogens is 270 g/mol. The Morgan fingerprint density at radius 3 is 2.89 bits per heavy atom. The SMILES string of the molecule is C=CCC(C)Nc1snc(N)c1S(=O)(=O)C1CC1. The Hall–Kier alpha value is -1.08. The zero-order valence-corrected chi connectivity index (χ0v) is 11.9. The Balaban J connectivity index is 2.30. The van der Waals surface area contributed by atoms with E-state index >= 15 is 0 Å². The van der Waals surface area contributed by atoms with Crippen molar-refractivity contribution in [1.82, 2.24) is 4.37 Å². The minimum atomic E-state index is -3.31. The second-order valence-electron chi connectivity index (χ2n) is 4.54. The van der Waals surface area contributed by atoms with Crippen LogP contribution in [0.4, 0.5) is 10.8 Å². The van der Waals surface area contributed by atoms with E-state index in [0.717, 1.165) is 30.8 Å². The van der Waals surface area contributed by atoms with E-state index in [4.69, 9.17) is 5.73 Å². The quantitative estimate of drug-likeness (QED) is 0.782. The fraction of sp³-hybridized carbons (Fsp3) is 0.545. The lowest BCUT2D eigenvalue weighted by molar-refractivity contribution is 0.595. The molecule has 1 heterocycles. The van der Waals surface area contributed by atoms with Gasteiger partial charge >= 0.3 is 0 Å². The third-order valence-corrected chi connectivity index (χ3v) is 6.07. The number of hydrogen-bond acceptors (Lipinski definition) is 6. The van der Waals surface area contributed by atoms with Crippen molar-refractivity contribution in [3.63, 3.8) is 0 Å². The third-order valence-electron chi connectivity index (χ3n) is 2.82. The summed E-state index contributed by atoms with van der Waals surface area (Å²) < 4.78 is 28.5. The molecule has 7 heteroatoms. The molecule has 0 saturated heterocycles. The molecule has 0 aromatic carbocycles. The van der Waals surface area contributed by atoms with Crippen LogP contribution in [0.1, 0.15) is 26.2 Å². The normalized spacial score (nSPS) is 17.4. The van der Waals surface area contributed by atoms with Crippen molar-refractivity contribution >= 4 is 32.2 Å². The molecule has 1 aliphatic carbocycles. The molecular formula is C11H17N3O2S2. The second kappa shape index (κ2) is 4.89. The van der Waals surface area contributed by atoms with Crippen molar-refractivity contribution in [3.8, 4) is 0 Å². The Kier molecular flexibility index (Phi) is 3.63. The summed E-state index contributed by atoms with van der Waals surface area (Å²) in [6.07, 6.45) is 3.98. The van der Waals surface area contributed by atoms with Gasteiger partial charge < -0.3 is 11.1 Å². The van der Waals surface area contributed by atoms with Gasteiger partial charge in [-0.25, -0.2) is 8.42 Å². The number of aromatic nitrogens is 1. The Bertz CT molecular complexity index is 547. The van der Waals surface area contributed by atoms with Gasteiger partial charge in [0, 0.05) is 6.04 Å². The first-order valence-electron chi connectivity index (χ1n) is 5.83. The average molecular weight is 287 g/mol. The van der Waals surface area contributed by atoms with Gasteiger partial charge in [0.05, 0.1) is 5.25 Å². The summed E-state index contributed by atoms with van der Waals surface area (Å²) in [7, 11) is -3.31. The zero-order valence-electron chi connectivity index (χ0n) is 10.2. The van der Waals surface area contributed by atoms with E-state index in [1.54, 1.807) is 6.08 Å². The maximum Gasteiger partial charge on any atom is 0.187 e. The molecule has 3 N–H and O–H groups in total. The molecule has 1 aromatic rings. The van der Waals surface area contributed by atoms with E-state index in [1.807, 2.05) is 6.92 Å². The van der Waals surface area contributed by atoms with Crippen LogP contribution in [0, 0.1) is 0 Å². The van der Waals surface area contributed by atoms with Crippen molar-refractivity contribution in [2.45, 2.75) is 42.4 Å². The number of sulfone groups is 1. The van der Waals surface area contributed by atoms with Crippen molar-refractivity contribution in [2.24, 2.45) is 0 Å². The van der Waals surface area contributed by atoms with Crippen LogP contribution in [-0.2, 0) is 9.84 Å². The van der Waals surface area contributed by atoms with Crippen molar-refractivity contribution < 1.29 is 8.42 Å². The number of nitrogens with two attached hydrogens (primary N) is 1. The topological polar surface area (TPSA) is 85.1 Å². The smallest absolute Gasteiger partial charge is 0.187 e.